The van der Waals surface area contributed by atoms with Gasteiger partial charge in [-0.15, -0.1) is 11.8 Å². The van der Waals surface area contributed by atoms with Crippen molar-refractivity contribution in [3.05, 3.63) is 41.6 Å². The van der Waals surface area contributed by atoms with Gasteiger partial charge in [-0.3, -0.25) is 4.72 Å². The molecule has 0 aliphatic carbocycles. The second-order valence-corrected chi connectivity index (χ2v) is 6.99. The molecule has 2 N–H and O–H groups in total. The van der Waals surface area contributed by atoms with Gasteiger partial charge in [0.15, 0.2) is 0 Å². The van der Waals surface area contributed by atoms with Gasteiger partial charge in [0.05, 0.1) is 10.7 Å². The van der Waals surface area contributed by atoms with Crippen LogP contribution in [-0.4, -0.2) is 26.7 Å². The number of hydrogen-bond acceptors (Lipinski definition) is 5. The van der Waals surface area contributed by atoms with E-state index in [1.165, 1.54) is 24.0 Å². The molecule has 112 valence electrons. The van der Waals surface area contributed by atoms with Gasteiger partial charge in [-0.05, 0) is 24.5 Å². The van der Waals surface area contributed by atoms with Gasteiger partial charge in [-0.1, -0.05) is 23.7 Å². The number of nitrogens with one attached hydrogen (secondary N) is 2. The van der Waals surface area contributed by atoms with E-state index in [1.807, 2.05) is 18.4 Å². The molecule has 0 amide bonds. The van der Waals surface area contributed by atoms with Crippen LogP contribution in [0.3, 0.4) is 0 Å². The summed E-state index contributed by atoms with van der Waals surface area (Å²) < 4.78 is 27.3. The summed E-state index contributed by atoms with van der Waals surface area (Å²) in [5, 5.41) is 3.03. The maximum Gasteiger partial charge on any atom is 0.263 e. The molecule has 0 unspecified atom stereocenters. The standard InChI is InChI=1S/C13H14ClN3O2S2/c1-15-13-10(14)7-9(8-16-13)21(18,19)17-11-5-3-4-6-12(11)20-2/h3-8,17H,1-2H3,(H,15,16). The number of rotatable bonds is 5. The van der Waals surface area contributed by atoms with E-state index in [0.29, 0.717) is 11.5 Å². The molecule has 0 radical (unpaired) electrons. The van der Waals surface area contributed by atoms with Gasteiger partial charge in [0.2, 0.25) is 0 Å². The van der Waals surface area contributed by atoms with Crippen molar-refractivity contribution >= 4 is 44.9 Å². The Morgan fingerprint density at radius 2 is 2.00 bits per heavy atom. The number of pyridine rings is 1. The lowest BCUT2D eigenvalue weighted by atomic mass is 10.3. The Balaban J connectivity index is 2.36. The number of aromatic nitrogens is 1. The SMILES string of the molecule is CNc1ncc(S(=O)(=O)Nc2ccccc2SC)cc1Cl. The Hall–Kier alpha value is -1.44. The molecule has 0 aliphatic rings. The predicted octanol–water partition coefficient (Wildman–Crippen LogP) is 3.30. The minimum absolute atomic E-state index is 0.0161. The lowest BCUT2D eigenvalue weighted by molar-refractivity contribution is 0.600. The summed E-state index contributed by atoms with van der Waals surface area (Å²) in [6.45, 7) is 0. The molecule has 0 fully saturated rings. The third-order valence-electron chi connectivity index (χ3n) is 2.71. The highest BCUT2D eigenvalue weighted by molar-refractivity contribution is 7.99. The molecule has 0 saturated carbocycles. The van der Waals surface area contributed by atoms with Crippen LogP contribution in [0.2, 0.25) is 5.02 Å². The Morgan fingerprint density at radius 3 is 2.62 bits per heavy atom. The van der Waals surface area contributed by atoms with Crippen molar-refractivity contribution in [3.63, 3.8) is 0 Å². The first kappa shape index (κ1) is 15.9. The van der Waals surface area contributed by atoms with Gasteiger partial charge in [0.1, 0.15) is 10.7 Å². The van der Waals surface area contributed by atoms with Gasteiger partial charge in [-0.2, -0.15) is 0 Å². The molecule has 8 heteroatoms. The van der Waals surface area contributed by atoms with Gasteiger partial charge < -0.3 is 5.32 Å². The van der Waals surface area contributed by atoms with Gasteiger partial charge in [0.25, 0.3) is 10.0 Å². The largest absolute Gasteiger partial charge is 0.372 e. The van der Waals surface area contributed by atoms with E-state index in [4.69, 9.17) is 11.6 Å². The highest BCUT2D eigenvalue weighted by Gasteiger charge is 2.17. The quantitative estimate of drug-likeness (QED) is 0.815. The molecule has 0 atom stereocenters. The third-order valence-corrected chi connectivity index (χ3v) is 5.13. The number of para-hydroxylation sites is 1. The van der Waals surface area contributed by atoms with Crippen molar-refractivity contribution in [2.75, 3.05) is 23.3 Å². The summed E-state index contributed by atoms with van der Waals surface area (Å²) in [6.07, 6.45) is 3.15. The molecule has 0 bridgehead atoms. The maximum absolute atomic E-state index is 12.4. The van der Waals surface area contributed by atoms with Gasteiger partial charge in [0, 0.05) is 18.1 Å². The highest BCUT2D eigenvalue weighted by atomic mass is 35.5. The van der Waals surface area contributed by atoms with Crippen molar-refractivity contribution in [1.82, 2.24) is 4.98 Å². The van der Waals surface area contributed by atoms with E-state index in [9.17, 15) is 8.42 Å². The number of nitrogens with zero attached hydrogens (tertiary/aromatic N) is 1. The minimum atomic E-state index is -3.73. The molecular weight excluding hydrogens is 330 g/mol. The summed E-state index contributed by atoms with van der Waals surface area (Å²) in [4.78, 5) is 4.84. The predicted molar refractivity (Wildman–Crippen MR) is 87.8 cm³/mol. The number of sulfonamides is 1. The maximum atomic E-state index is 12.4. The fraction of sp³-hybridized carbons (Fsp3) is 0.154. The van der Waals surface area contributed by atoms with E-state index in [2.05, 4.69) is 15.0 Å². The van der Waals surface area contributed by atoms with E-state index in [-0.39, 0.29) is 9.92 Å². The monoisotopic (exact) mass is 343 g/mol. The number of thioether (sulfide) groups is 1. The fourth-order valence-electron chi connectivity index (χ4n) is 1.68. The highest BCUT2D eigenvalue weighted by Crippen LogP contribution is 2.28. The number of benzene rings is 1. The van der Waals surface area contributed by atoms with Crippen molar-refractivity contribution in [2.24, 2.45) is 0 Å². The Morgan fingerprint density at radius 1 is 1.29 bits per heavy atom. The zero-order valence-corrected chi connectivity index (χ0v) is 13.8. The Bertz CT molecular complexity index is 751. The smallest absolute Gasteiger partial charge is 0.263 e. The number of hydrogen-bond donors (Lipinski definition) is 2. The van der Waals surface area contributed by atoms with E-state index >= 15 is 0 Å². The minimum Gasteiger partial charge on any atom is -0.372 e. The first-order chi connectivity index (χ1) is 9.97. The van der Waals surface area contributed by atoms with Crippen molar-refractivity contribution in [1.29, 1.82) is 0 Å². The molecular formula is C13H14ClN3O2S2. The Labute approximate surface area is 133 Å². The molecule has 1 aromatic heterocycles. The molecule has 2 rings (SSSR count). The first-order valence-corrected chi connectivity index (χ1v) is 9.05. The molecule has 0 spiro atoms. The van der Waals surface area contributed by atoms with Crippen molar-refractivity contribution < 1.29 is 8.42 Å². The van der Waals surface area contributed by atoms with Crippen LogP contribution in [-0.2, 0) is 10.0 Å². The molecule has 21 heavy (non-hydrogen) atoms. The summed E-state index contributed by atoms with van der Waals surface area (Å²) >= 11 is 7.44. The van der Waals surface area contributed by atoms with Crippen LogP contribution < -0.4 is 10.0 Å². The van der Waals surface area contributed by atoms with E-state index in [1.54, 1.807) is 19.2 Å². The summed E-state index contributed by atoms with van der Waals surface area (Å²) in [5.41, 5.74) is 0.527. The van der Waals surface area contributed by atoms with Crippen LogP contribution in [0.25, 0.3) is 0 Å². The molecule has 1 aromatic carbocycles. The third kappa shape index (κ3) is 3.61. The van der Waals surface area contributed by atoms with Crippen LogP contribution in [0, 0.1) is 0 Å². The molecule has 0 saturated heterocycles. The molecule has 0 aliphatic heterocycles. The lowest BCUT2D eigenvalue weighted by Gasteiger charge is -2.12. The van der Waals surface area contributed by atoms with Crippen LogP contribution in [0.5, 0.6) is 0 Å². The molecule has 5 nitrogen and oxygen atoms in total. The van der Waals surface area contributed by atoms with Gasteiger partial charge in [-0.25, -0.2) is 13.4 Å². The molecule has 2 aromatic rings. The van der Waals surface area contributed by atoms with E-state index in [0.717, 1.165) is 4.90 Å². The number of anilines is 2. The first-order valence-electron chi connectivity index (χ1n) is 5.97. The Kier molecular flexibility index (Phi) is 4.97. The zero-order valence-electron chi connectivity index (χ0n) is 11.4. The van der Waals surface area contributed by atoms with Gasteiger partial charge >= 0.3 is 0 Å². The normalized spacial score (nSPS) is 11.2. The second-order valence-electron chi connectivity index (χ2n) is 4.06. The summed E-state index contributed by atoms with van der Waals surface area (Å²) in [7, 11) is -2.07. The molecule has 1 heterocycles. The zero-order chi connectivity index (χ0) is 15.5. The topological polar surface area (TPSA) is 71.1 Å². The van der Waals surface area contributed by atoms with Crippen LogP contribution in [0.1, 0.15) is 0 Å². The van der Waals surface area contributed by atoms with Crippen molar-refractivity contribution in [3.8, 4) is 0 Å². The lowest BCUT2D eigenvalue weighted by Crippen LogP contribution is -2.14. The average molecular weight is 344 g/mol. The van der Waals surface area contributed by atoms with Crippen LogP contribution in [0.15, 0.2) is 46.3 Å². The number of halogens is 1. The average Bonchev–Trinajstić information content (AvgIpc) is 2.47. The summed E-state index contributed by atoms with van der Waals surface area (Å²) in [6, 6.07) is 8.54. The fourth-order valence-corrected chi connectivity index (χ4v) is 3.68. The van der Waals surface area contributed by atoms with Crippen LogP contribution in [0.4, 0.5) is 11.5 Å². The second kappa shape index (κ2) is 6.55. The van der Waals surface area contributed by atoms with E-state index < -0.39 is 10.0 Å². The summed E-state index contributed by atoms with van der Waals surface area (Å²) in [5.74, 6) is 0.431. The van der Waals surface area contributed by atoms with Crippen LogP contribution >= 0.6 is 23.4 Å². The van der Waals surface area contributed by atoms with Crippen molar-refractivity contribution in [2.45, 2.75) is 9.79 Å².